The van der Waals surface area contributed by atoms with Crippen molar-refractivity contribution in [2.24, 2.45) is 0 Å². The average Bonchev–Trinajstić information content (AvgIpc) is 2.53. The van der Waals surface area contributed by atoms with Gasteiger partial charge in [0.05, 0.1) is 10.5 Å². The topological polar surface area (TPSA) is 84.3 Å². The lowest BCUT2D eigenvalue weighted by Gasteiger charge is -2.11. The third-order valence-corrected chi connectivity index (χ3v) is 3.29. The molecule has 0 bridgehead atoms. The van der Waals surface area contributed by atoms with Crippen LogP contribution >= 0.6 is 11.6 Å². The summed E-state index contributed by atoms with van der Waals surface area (Å²) in [6.07, 6.45) is 0. The molecule has 0 spiro atoms. The van der Waals surface area contributed by atoms with Gasteiger partial charge in [0, 0.05) is 36.4 Å². The standard InChI is InChI=1S/C15H14ClN3O3/c1-17-15(20)13-8-11(16)5-6-14(13)18-9-10-3-2-4-12(7-10)19(21)22/h2-8,18H,9H2,1H3,(H,17,20). The second-order valence-corrected chi connectivity index (χ2v) is 4.99. The Kier molecular flexibility index (Phi) is 4.95. The first-order valence-corrected chi connectivity index (χ1v) is 6.88. The molecule has 0 heterocycles. The summed E-state index contributed by atoms with van der Waals surface area (Å²) in [4.78, 5) is 22.2. The number of rotatable bonds is 5. The molecule has 0 radical (unpaired) electrons. The summed E-state index contributed by atoms with van der Waals surface area (Å²) in [6, 6.07) is 11.3. The fraction of sp³-hybridized carbons (Fsp3) is 0.133. The van der Waals surface area contributed by atoms with Gasteiger partial charge >= 0.3 is 0 Å². The van der Waals surface area contributed by atoms with Gasteiger partial charge in [0.1, 0.15) is 0 Å². The molecule has 0 saturated heterocycles. The van der Waals surface area contributed by atoms with Crippen LogP contribution in [0.1, 0.15) is 15.9 Å². The van der Waals surface area contributed by atoms with E-state index in [-0.39, 0.29) is 11.6 Å². The van der Waals surface area contributed by atoms with E-state index in [2.05, 4.69) is 10.6 Å². The lowest BCUT2D eigenvalue weighted by molar-refractivity contribution is -0.384. The minimum absolute atomic E-state index is 0.0296. The van der Waals surface area contributed by atoms with E-state index >= 15 is 0 Å². The molecule has 22 heavy (non-hydrogen) atoms. The van der Waals surface area contributed by atoms with Gasteiger partial charge in [0.15, 0.2) is 0 Å². The molecular weight excluding hydrogens is 306 g/mol. The highest BCUT2D eigenvalue weighted by molar-refractivity contribution is 6.31. The molecule has 2 rings (SSSR count). The average molecular weight is 320 g/mol. The minimum atomic E-state index is -0.443. The number of carbonyl (C=O) groups excluding carboxylic acids is 1. The van der Waals surface area contributed by atoms with Gasteiger partial charge in [-0.25, -0.2) is 0 Å². The molecule has 0 fully saturated rings. The number of nitrogens with one attached hydrogen (secondary N) is 2. The van der Waals surface area contributed by atoms with Crippen LogP contribution in [0, 0.1) is 10.1 Å². The second-order valence-electron chi connectivity index (χ2n) is 4.55. The van der Waals surface area contributed by atoms with E-state index in [1.54, 1.807) is 30.3 Å². The molecule has 7 heteroatoms. The van der Waals surface area contributed by atoms with E-state index in [9.17, 15) is 14.9 Å². The van der Waals surface area contributed by atoms with Gasteiger partial charge in [-0.15, -0.1) is 0 Å². The molecule has 0 aromatic heterocycles. The van der Waals surface area contributed by atoms with Crippen LogP contribution in [0.5, 0.6) is 0 Å². The monoisotopic (exact) mass is 319 g/mol. The Morgan fingerprint density at radius 2 is 2.05 bits per heavy atom. The minimum Gasteiger partial charge on any atom is -0.380 e. The van der Waals surface area contributed by atoms with Gasteiger partial charge in [-0.1, -0.05) is 23.7 Å². The van der Waals surface area contributed by atoms with Crippen molar-refractivity contribution >= 4 is 28.9 Å². The van der Waals surface area contributed by atoms with Crippen LogP contribution in [-0.2, 0) is 6.54 Å². The molecule has 2 aromatic rings. The fourth-order valence-electron chi connectivity index (χ4n) is 1.97. The number of non-ortho nitro benzene ring substituents is 1. The first-order valence-electron chi connectivity index (χ1n) is 6.50. The maximum absolute atomic E-state index is 11.8. The summed E-state index contributed by atoms with van der Waals surface area (Å²) in [5.74, 6) is -0.260. The van der Waals surface area contributed by atoms with Crippen molar-refractivity contribution in [3.63, 3.8) is 0 Å². The van der Waals surface area contributed by atoms with Gasteiger partial charge in [-0.3, -0.25) is 14.9 Å². The molecule has 1 amide bonds. The molecule has 0 aliphatic heterocycles. The summed E-state index contributed by atoms with van der Waals surface area (Å²) >= 11 is 5.91. The highest BCUT2D eigenvalue weighted by atomic mass is 35.5. The number of nitro benzene ring substituents is 1. The Hall–Kier alpha value is -2.60. The van der Waals surface area contributed by atoms with Gasteiger partial charge in [0.25, 0.3) is 11.6 Å². The van der Waals surface area contributed by atoms with Crippen molar-refractivity contribution in [1.82, 2.24) is 5.32 Å². The summed E-state index contributed by atoms with van der Waals surface area (Å²) < 4.78 is 0. The van der Waals surface area contributed by atoms with Crippen molar-refractivity contribution in [1.29, 1.82) is 0 Å². The number of halogens is 1. The lowest BCUT2D eigenvalue weighted by Crippen LogP contribution is -2.19. The van der Waals surface area contributed by atoms with Crippen LogP contribution in [0.25, 0.3) is 0 Å². The largest absolute Gasteiger partial charge is 0.380 e. The van der Waals surface area contributed by atoms with E-state index < -0.39 is 4.92 Å². The maximum Gasteiger partial charge on any atom is 0.269 e. The zero-order valence-corrected chi connectivity index (χ0v) is 12.6. The summed E-state index contributed by atoms with van der Waals surface area (Å²) in [5.41, 5.74) is 1.80. The third-order valence-electron chi connectivity index (χ3n) is 3.06. The predicted octanol–water partition coefficient (Wildman–Crippen LogP) is 3.22. The molecule has 0 saturated carbocycles. The van der Waals surface area contributed by atoms with E-state index in [1.807, 2.05) is 0 Å². The van der Waals surface area contributed by atoms with Crippen molar-refractivity contribution in [2.45, 2.75) is 6.54 Å². The quantitative estimate of drug-likeness (QED) is 0.654. The maximum atomic E-state index is 11.8. The van der Waals surface area contributed by atoms with Crippen molar-refractivity contribution in [3.8, 4) is 0 Å². The number of carbonyl (C=O) groups is 1. The number of benzene rings is 2. The Morgan fingerprint density at radius 1 is 1.27 bits per heavy atom. The number of anilines is 1. The van der Waals surface area contributed by atoms with Crippen LogP contribution in [0.2, 0.25) is 5.02 Å². The van der Waals surface area contributed by atoms with Crippen LogP contribution in [-0.4, -0.2) is 17.9 Å². The molecule has 0 unspecified atom stereocenters. The van der Waals surface area contributed by atoms with Gasteiger partial charge in [-0.2, -0.15) is 0 Å². The van der Waals surface area contributed by atoms with Crippen LogP contribution < -0.4 is 10.6 Å². The van der Waals surface area contributed by atoms with Crippen LogP contribution in [0.3, 0.4) is 0 Å². The van der Waals surface area contributed by atoms with Crippen molar-refractivity contribution in [3.05, 3.63) is 68.7 Å². The number of nitro groups is 1. The number of hydrogen-bond donors (Lipinski definition) is 2. The number of hydrogen-bond acceptors (Lipinski definition) is 4. The van der Waals surface area contributed by atoms with Crippen LogP contribution in [0.15, 0.2) is 42.5 Å². The Morgan fingerprint density at radius 3 is 2.73 bits per heavy atom. The zero-order valence-electron chi connectivity index (χ0n) is 11.8. The molecule has 2 aromatic carbocycles. The van der Waals surface area contributed by atoms with E-state index in [4.69, 9.17) is 11.6 Å². The first kappa shape index (κ1) is 15.8. The highest BCUT2D eigenvalue weighted by Crippen LogP contribution is 2.22. The predicted molar refractivity (Wildman–Crippen MR) is 85.3 cm³/mol. The molecule has 0 aliphatic carbocycles. The summed E-state index contributed by atoms with van der Waals surface area (Å²) in [6.45, 7) is 0.354. The second kappa shape index (κ2) is 6.91. The van der Waals surface area contributed by atoms with Gasteiger partial charge < -0.3 is 10.6 Å². The molecule has 114 valence electrons. The van der Waals surface area contributed by atoms with E-state index in [1.165, 1.54) is 19.2 Å². The normalized spacial score (nSPS) is 10.1. The Balaban J connectivity index is 2.20. The fourth-order valence-corrected chi connectivity index (χ4v) is 2.14. The van der Waals surface area contributed by atoms with E-state index in [0.717, 1.165) is 5.56 Å². The molecule has 6 nitrogen and oxygen atoms in total. The van der Waals surface area contributed by atoms with Gasteiger partial charge in [-0.05, 0) is 23.8 Å². The lowest BCUT2D eigenvalue weighted by atomic mass is 10.1. The van der Waals surface area contributed by atoms with Crippen molar-refractivity contribution in [2.75, 3.05) is 12.4 Å². The zero-order chi connectivity index (χ0) is 16.1. The Labute approximate surface area is 132 Å². The highest BCUT2D eigenvalue weighted by Gasteiger charge is 2.11. The molecular formula is C15H14ClN3O3. The third kappa shape index (κ3) is 3.73. The number of amides is 1. The number of nitrogens with zero attached hydrogens (tertiary/aromatic N) is 1. The molecule has 0 atom stereocenters. The Bertz CT molecular complexity index is 719. The summed E-state index contributed by atoms with van der Waals surface area (Å²) in [7, 11) is 1.54. The van der Waals surface area contributed by atoms with Gasteiger partial charge in [0.2, 0.25) is 0 Å². The summed E-state index contributed by atoms with van der Waals surface area (Å²) in [5, 5.41) is 16.9. The molecule has 0 aliphatic rings. The SMILES string of the molecule is CNC(=O)c1cc(Cl)ccc1NCc1cccc([N+](=O)[O-])c1. The van der Waals surface area contributed by atoms with Crippen LogP contribution in [0.4, 0.5) is 11.4 Å². The first-order chi connectivity index (χ1) is 10.5. The van der Waals surface area contributed by atoms with E-state index in [0.29, 0.717) is 22.8 Å². The smallest absolute Gasteiger partial charge is 0.269 e. The molecule has 2 N–H and O–H groups in total. The van der Waals surface area contributed by atoms with Crippen molar-refractivity contribution < 1.29 is 9.72 Å².